The van der Waals surface area contributed by atoms with Crippen molar-refractivity contribution in [3.8, 4) is 5.69 Å². The van der Waals surface area contributed by atoms with Crippen LogP contribution in [0.3, 0.4) is 0 Å². The summed E-state index contributed by atoms with van der Waals surface area (Å²) >= 11 is 0. The lowest BCUT2D eigenvalue weighted by atomic mass is 10.1. The summed E-state index contributed by atoms with van der Waals surface area (Å²) in [4.78, 5) is 9.44. The summed E-state index contributed by atoms with van der Waals surface area (Å²) in [5.74, 6) is -0.287. The second kappa shape index (κ2) is 7.80. The van der Waals surface area contributed by atoms with Crippen LogP contribution in [-0.4, -0.2) is 42.9 Å². The highest BCUT2D eigenvalue weighted by Crippen LogP contribution is 2.21. The van der Waals surface area contributed by atoms with Gasteiger partial charge in [-0.25, -0.2) is 14.1 Å². The highest BCUT2D eigenvalue weighted by molar-refractivity contribution is 5.42. The summed E-state index contributed by atoms with van der Waals surface area (Å²) in [6.45, 7) is 7.43. The van der Waals surface area contributed by atoms with Gasteiger partial charge in [-0.3, -0.25) is 4.90 Å². The van der Waals surface area contributed by atoms with Gasteiger partial charge < -0.3 is 10.1 Å². The highest BCUT2D eigenvalue weighted by atomic mass is 19.1. The van der Waals surface area contributed by atoms with Crippen LogP contribution in [0.4, 0.5) is 4.39 Å². The predicted molar refractivity (Wildman–Crippen MR) is 97.5 cm³/mol. The van der Waals surface area contributed by atoms with E-state index in [9.17, 15) is 9.50 Å². The monoisotopic (exact) mass is 357 g/mol. The number of nitrogens with zero attached hydrogens (tertiary/aromatic N) is 4. The molecule has 2 N–H and O–H groups in total. The minimum atomic E-state index is -0.287. The van der Waals surface area contributed by atoms with E-state index in [1.807, 2.05) is 36.4 Å². The number of imidazole rings is 1. The maximum atomic E-state index is 13.9. The Kier molecular flexibility index (Phi) is 5.49. The number of aliphatic hydroxyl groups is 1. The lowest BCUT2D eigenvalue weighted by Gasteiger charge is -2.22. The fourth-order valence-corrected chi connectivity index (χ4v) is 3.11. The average molecular weight is 357 g/mol. The van der Waals surface area contributed by atoms with E-state index >= 15 is 0 Å². The molecule has 0 aliphatic rings. The summed E-state index contributed by atoms with van der Waals surface area (Å²) in [6.07, 6.45) is 1.66. The van der Waals surface area contributed by atoms with E-state index in [1.165, 1.54) is 12.1 Å². The molecule has 0 saturated carbocycles. The first-order chi connectivity index (χ1) is 12.5. The van der Waals surface area contributed by atoms with Gasteiger partial charge >= 0.3 is 0 Å². The normalized spacial score (nSPS) is 11.5. The van der Waals surface area contributed by atoms with Gasteiger partial charge in [0.1, 0.15) is 5.82 Å². The number of hydrogen-bond acceptors (Lipinski definition) is 4. The fraction of sp³-hybridized carbons (Fsp3) is 0.368. The molecule has 7 heteroatoms. The Morgan fingerprint density at radius 1 is 1.19 bits per heavy atom. The second-order valence-corrected chi connectivity index (χ2v) is 6.52. The molecule has 0 saturated heterocycles. The molecule has 138 valence electrons. The maximum Gasteiger partial charge on any atom is 0.123 e. The molecule has 0 amide bonds. The Balaban J connectivity index is 1.92. The number of H-pyrrole nitrogens is 1. The van der Waals surface area contributed by atoms with Crippen LogP contribution in [0.15, 0.2) is 30.6 Å². The lowest BCUT2D eigenvalue weighted by Crippen LogP contribution is -2.27. The number of hydrogen-bond donors (Lipinski definition) is 2. The van der Waals surface area contributed by atoms with Crippen molar-refractivity contribution in [3.05, 3.63) is 64.7 Å². The van der Waals surface area contributed by atoms with Crippen molar-refractivity contribution in [1.82, 2.24) is 24.6 Å². The summed E-state index contributed by atoms with van der Waals surface area (Å²) in [7, 11) is 0. The molecular formula is C19H24FN5O. The Morgan fingerprint density at radius 3 is 2.62 bits per heavy atom. The first-order valence-corrected chi connectivity index (χ1v) is 8.62. The van der Waals surface area contributed by atoms with Crippen LogP contribution in [0.5, 0.6) is 0 Å². The number of benzene rings is 1. The Bertz CT molecular complexity index is 886. The zero-order chi connectivity index (χ0) is 18.7. The molecule has 2 heterocycles. The predicted octanol–water partition coefficient (Wildman–Crippen LogP) is 2.65. The third-order valence-electron chi connectivity index (χ3n) is 4.40. The van der Waals surface area contributed by atoms with E-state index in [-0.39, 0.29) is 12.4 Å². The zero-order valence-electron chi connectivity index (χ0n) is 15.3. The standard InChI is InChI=1S/C19H24FN5O/c1-13-8-14(2)25(23-13)19-5-4-17(20)9-16(19)10-24(6-7-26)11-18-15(3)21-12-22-18/h4-5,8-9,12,26H,6-7,10-11H2,1-3H3,(H,21,22). The van der Waals surface area contributed by atoms with Gasteiger partial charge in [-0.05, 0) is 50.6 Å². The van der Waals surface area contributed by atoms with Gasteiger partial charge in [-0.2, -0.15) is 5.10 Å². The number of aliphatic hydroxyl groups excluding tert-OH is 1. The topological polar surface area (TPSA) is 70.0 Å². The number of aromatic amines is 1. The molecular weight excluding hydrogens is 333 g/mol. The van der Waals surface area contributed by atoms with E-state index in [4.69, 9.17) is 0 Å². The smallest absolute Gasteiger partial charge is 0.123 e. The molecule has 0 bridgehead atoms. The molecule has 6 nitrogen and oxygen atoms in total. The minimum absolute atomic E-state index is 0.0219. The lowest BCUT2D eigenvalue weighted by molar-refractivity contribution is 0.182. The first-order valence-electron chi connectivity index (χ1n) is 8.62. The SMILES string of the molecule is Cc1cc(C)n(-c2ccc(F)cc2CN(CCO)Cc2nc[nH]c2C)n1. The molecule has 0 fully saturated rings. The second-order valence-electron chi connectivity index (χ2n) is 6.52. The molecule has 3 rings (SSSR count). The highest BCUT2D eigenvalue weighted by Gasteiger charge is 2.15. The Morgan fingerprint density at radius 2 is 2.00 bits per heavy atom. The van der Waals surface area contributed by atoms with Gasteiger partial charge in [0.25, 0.3) is 0 Å². The van der Waals surface area contributed by atoms with Crippen molar-refractivity contribution in [2.45, 2.75) is 33.9 Å². The van der Waals surface area contributed by atoms with Crippen molar-refractivity contribution < 1.29 is 9.50 Å². The molecule has 26 heavy (non-hydrogen) atoms. The van der Waals surface area contributed by atoms with Crippen LogP contribution in [0.25, 0.3) is 5.69 Å². The number of halogens is 1. The largest absolute Gasteiger partial charge is 0.395 e. The molecule has 1 aromatic carbocycles. The van der Waals surface area contributed by atoms with Crippen LogP contribution in [0, 0.1) is 26.6 Å². The molecule has 0 aliphatic heterocycles. The van der Waals surface area contributed by atoms with Crippen molar-refractivity contribution in [2.24, 2.45) is 0 Å². The Hall–Kier alpha value is -2.51. The van der Waals surface area contributed by atoms with Crippen molar-refractivity contribution in [1.29, 1.82) is 0 Å². The third kappa shape index (κ3) is 4.00. The number of nitrogens with one attached hydrogen (secondary N) is 1. The van der Waals surface area contributed by atoms with E-state index < -0.39 is 0 Å². The zero-order valence-corrected chi connectivity index (χ0v) is 15.3. The van der Waals surface area contributed by atoms with Crippen LogP contribution in [0.2, 0.25) is 0 Å². The van der Waals surface area contributed by atoms with Crippen molar-refractivity contribution in [2.75, 3.05) is 13.2 Å². The van der Waals surface area contributed by atoms with Crippen LogP contribution in [-0.2, 0) is 13.1 Å². The van der Waals surface area contributed by atoms with E-state index in [0.717, 1.165) is 34.0 Å². The van der Waals surface area contributed by atoms with E-state index in [2.05, 4.69) is 15.1 Å². The molecule has 0 aliphatic carbocycles. The third-order valence-corrected chi connectivity index (χ3v) is 4.40. The number of aromatic nitrogens is 4. The maximum absolute atomic E-state index is 13.9. The molecule has 0 radical (unpaired) electrons. The number of aryl methyl sites for hydroxylation is 3. The van der Waals surface area contributed by atoms with Gasteiger partial charge in [0, 0.05) is 31.0 Å². The molecule has 2 aromatic heterocycles. The first kappa shape index (κ1) is 18.3. The molecule has 0 spiro atoms. The number of rotatable bonds is 7. The van der Waals surface area contributed by atoms with Gasteiger partial charge in [0.15, 0.2) is 0 Å². The summed E-state index contributed by atoms with van der Waals surface area (Å²) in [5, 5.41) is 14.0. The quantitative estimate of drug-likeness (QED) is 0.682. The van der Waals surface area contributed by atoms with Crippen LogP contribution in [0.1, 0.15) is 28.3 Å². The van der Waals surface area contributed by atoms with Crippen LogP contribution < -0.4 is 0 Å². The van der Waals surface area contributed by atoms with Gasteiger partial charge in [0.2, 0.25) is 0 Å². The van der Waals surface area contributed by atoms with Crippen molar-refractivity contribution in [3.63, 3.8) is 0 Å². The van der Waals surface area contributed by atoms with Gasteiger partial charge in [-0.15, -0.1) is 0 Å². The minimum Gasteiger partial charge on any atom is -0.395 e. The summed E-state index contributed by atoms with van der Waals surface area (Å²) < 4.78 is 15.8. The Labute approximate surface area is 152 Å². The average Bonchev–Trinajstić information content (AvgIpc) is 3.13. The van der Waals surface area contributed by atoms with E-state index in [0.29, 0.717) is 19.6 Å². The van der Waals surface area contributed by atoms with Gasteiger partial charge in [-0.1, -0.05) is 0 Å². The molecule has 3 aromatic rings. The molecule has 0 unspecified atom stereocenters. The molecule has 0 atom stereocenters. The van der Waals surface area contributed by atoms with E-state index in [1.54, 1.807) is 12.4 Å². The van der Waals surface area contributed by atoms with Gasteiger partial charge in [0.05, 0.1) is 30.0 Å². The van der Waals surface area contributed by atoms with Crippen molar-refractivity contribution >= 4 is 0 Å². The fourth-order valence-electron chi connectivity index (χ4n) is 3.11. The van der Waals surface area contributed by atoms with Crippen LogP contribution >= 0.6 is 0 Å². The summed E-state index contributed by atoms with van der Waals surface area (Å²) in [6, 6.07) is 6.73. The summed E-state index contributed by atoms with van der Waals surface area (Å²) in [5.41, 5.74) is 5.48.